The lowest BCUT2D eigenvalue weighted by atomic mass is 9.98. The zero-order valence-electron chi connectivity index (χ0n) is 11.9. The summed E-state index contributed by atoms with van der Waals surface area (Å²) in [6.07, 6.45) is 4.40. The smallest absolute Gasteiger partial charge is 0.407 e. The molecule has 0 saturated carbocycles. The summed E-state index contributed by atoms with van der Waals surface area (Å²) < 4.78 is 5.30. The Kier molecular flexibility index (Phi) is 3.92. The van der Waals surface area contributed by atoms with Crippen LogP contribution in [0.1, 0.15) is 31.2 Å². The van der Waals surface area contributed by atoms with Crippen LogP contribution < -0.4 is 5.32 Å². The molecule has 1 aromatic rings. The van der Waals surface area contributed by atoms with Crippen LogP contribution in [-0.4, -0.2) is 36.2 Å². The largest absolute Gasteiger partial charge is 0.445 e. The first-order chi connectivity index (χ1) is 9.74. The summed E-state index contributed by atoms with van der Waals surface area (Å²) in [5.74, 6) is 0. The highest BCUT2D eigenvalue weighted by Crippen LogP contribution is 2.34. The molecule has 3 unspecified atom stereocenters. The molecular weight excluding hydrogens is 252 g/mol. The van der Waals surface area contributed by atoms with Gasteiger partial charge in [-0.15, -0.1) is 0 Å². The van der Waals surface area contributed by atoms with Crippen molar-refractivity contribution in [3.8, 4) is 0 Å². The molecule has 108 valence electrons. The molecule has 2 fully saturated rings. The standard InChI is InChI=1S/C16H22N2O2/c1-18-13-7-9-14(15(18)10-8-13)17-16(19)20-11-12-5-3-2-4-6-12/h2-6,13-15H,7-11H2,1H3,(H,17,19). The lowest BCUT2D eigenvalue weighted by Crippen LogP contribution is -2.52. The fourth-order valence-electron chi connectivity index (χ4n) is 3.52. The number of nitrogens with zero attached hydrogens (tertiary/aromatic N) is 1. The number of fused-ring (bicyclic) bond motifs is 2. The lowest BCUT2D eigenvalue weighted by Gasteiger charge is -2.37. The van der Waals surface area contributed by atoms with Crippen LogP contribution in [0.4, 0.5) is 4.79 Å². The summed E-state index contributed by atoms with van der Waals surface area (Å²) in [6.45, 7) is 0.336. The van der Waals surface area contributed by atoms with Gasteiger partial charge in [0.05, 0.1) is 0 Å². The van der Waals surface area contributed by atoms with Gasteiger partial charge in [-0.25, -0.2) is 4.79 Å². The van der Waals surface area contributed by atoms with E-state index in [9.17, 15) is 4.79 Å². The number of carbonyl (C=O) groups excluding carboxylic acids is 1. The number of likely N-dealkylation sites (N-methyl/N-ethyl adjacent to an activating group) is 1. The Morgan fingerprint density at radius 3 is 2.80 bits per heavy atom. The molecular formula is C16H22N2O2. The van der Waals surface area contributed by atoms with Crippen molar-refractivity contribution in [2.75, 3.05) is 7.05 Å². The number of piperidine rings is 1. The van der Waals surface area contributed by atoms with E-state index in [1.807, 2.05) is 30.3 Å². The topological polar surface area (TPSA) is 41.6 Å². The molecule has 2 saturated heterocycles. The quantitative estimate of drug-likeness (QED) is 0.921. The molecule has 1 amide bonds. The molecule has 20 heavy (non-hydrogen) atoms. The number of amides is 1. The van der Waals surface area contributed by atoms with Crippen molar-refractivity contribution < 1.29 is 9.53 Å². The van der Waals surface area contributed by atoms with Gasteiger partial charge in [0.1, 0.15) is 6.61 Å². The van der Waals surface area contributed by atoms with Crippen molar-refractivity contribution in [3.63, 3.8) is 0 Å². The minimum Gasteiger partial charge on any atom is -0.445 e. The second kappa shape index (κ2) is 5.83. The summed E-state index contributed by atoms with van der Waals surface area (Å²) in [5.41, 5.74) is 1.02. The molecule has 2 aliphatic rings. The van der Waals surface area contributed by atoms with E-state index in [2.05, 4.69) is 17.3 Å². The van der Waals surface area contributed by atoms with Gasteiger partial charge >= 0.3 is 6.09 Å². The Balaban J connectivity index is 1.49. The van der Waals surface area contributed by atoms with E-state index in [0.29, 0.717) is 12.6 Å². The van der Waals surface area contributed by atoms with E-state index in [0.717, 1.165) is 18.0 Å². The Morgan fingerprint density at radius 2 is 2.00 bits per heavy atom. The predicted octanol–water partition coefficient (Wildman–Crippen LogP) is 2.54. The monoisotopic (exact) mass is 274 g/mol. The van der Waals surface area contributed by atoms with E-state index in [4.69, 9.17) is 4.74 Å². The third-order valence-electron chi connectivity index (χ3n) is 4.69. The molecule has 4 nitrogen and oxygen atoms in total. The molecule has 0 spiro atoms. The number of ether oxygens (including phenoxy) is 1. The molecule has 4 heteroatoms. The van der Waals surface area contributed by atoms with Gasteiger partial charge < -0.3 is 10.1 Å². The van der Waals surface area contributed by atoms with Crippen molar-refractivity contribution in [2.24, 2.45) is 0 Å². The Hall–Kier alpha value is -1.55. The van der Waals surface area contributed by atoms with Crippen LogP contribution in [0.3, 0.4) is 0 Å². The van der Waals surface area contributed by atoms with Crippen molar-refractivity contribution in [1.82, 2.24) is 10.2 Å². The van der Waals surface area contributed by atoms with E-state index >= 15 is 0 Å². The van der Waals surface area contributed by atoms with Crippen LogP contribution in [0, 0.1) is 0 Å². The Labute approximate surface area is 120 Å². The SMILES string of the molecule is CN1C2CCC(NC(=O)OCc3ccccc3)C1CC2. The molecule has 3 atom stereocenters. The van der Waals surface area contributed by atoms with Crippen molar-refractivity contribution in [1.29, 1.82) is 0 Å². The molecule has 0 radical (unpaired) electrons. The molecule has 2 heterocycles. The van der Waals surface area contributed by atoms with Crippen LogP contribution in [0.25, 0.3) is 0 Å². The summed E-state index contributed by atoms with van der Waals surface area (Å²) >= 11 is 0. The molecule has 2 aliphatic heterocycles. The maximum absolute atomic E-state index is 11.9. The van der Waals surface area contributed by atoms with Crippen LogP contribution in [0.2, 0.25) is 0 Å². The maximum Gasteiger partial charge on any atom is 0.407 e. The Morgan fingerprint density at radius 1 is 1.25 bits per heavy atom. The van der Waals surface area contributed by atoms with Crippen LogP contribution in [0.5, 0.6) is 0 Å². The molecule has 3 rings (SSSR count). The number of benzene rings is 1. The van der Waals surface area contributed by atoms with Gasteiger partial charge in [0, 0.05) is 18.1 Å². The summed E-state index contributed by atoms with van der Waals surface area (Å²) in [4.78, 5) is 14.3. The lowest BCUT2D eigenvalue weighted by molar-refractivity contribution is 0.108. The number of rotatable bonds is 3. The average Bonchev–Trinajstić information content (AvgIpc) is 2.70. The number of carbonyl (C=O) groups is 1. The molecule has 0 aliphatic carbocycles. The fourth-order valence-corrected chi connectivity index (χ4v) is 3.52. The van der Waals surface area contributed by atoms with Gasteiger partial charge in [-0.05, 0) is 38.3 Å². The number of nitrogens with one attached hydrogen (secondary N) is 1. The zero-order chi connectivity index (χ0) is 13.9. The molecule has 2 bridgehead atoms. The first-order valence-corrected chi connectivity index (χ1v) is 7.43. The summed E-state index contributed by atoms with van der Waals surface area (Å²) in [6, 6.07) is 11.2. The van der Waals surface area contributed by atoms with Gasteiger partial charge in [0.15, 0.2) is 0 Å². The third-order valence-corrected chi connectivity index (χ3v) is 4.69. The zero-order valence-corrected chi connectivity index (χ0v) is 11.9. The van der Waals surface area contributed by atoms with Crippen molar-refractivity contribution >= 4 is 6.09 Å². The predicted molar refractivity (Wildman–Crippen MR) is 77.4 cm³/mol. The first kappa shape index (κ1) is 13.4. The third kappa shape index (κ3) is 2.80. The van der Waals surface area contributed by atoms with Gasteiger partial charge in [0.25, 0.3) is 0 Å². The summed E-state index contributed by atoms with van der Waals surface area (Å²) in [7, 11) is 2.17. The number of alkyl carbamates (subject to hydrolysis) is 1. The highest BCUT2D eigenvalue weighted by atomic mass is 16.5. The highest BCUT2D eigenvalue weighted by Gasteiger charge is 2.40. The van der Waals surface area contributed by atoms with Crippen LogP contribution in [-0.2, 0) is 11.3 Å². The van der Waals surface area contributed by atoms with Gasteiger partial charge in [-0.1, -0.05) is 30.3 Å². The van der Waals surface area contributed by atoms with Gasteiger partial charge in [-0.2, -0.15) is 0 Å². The number of hydrogen-bond donors (Lipinski definition) is 1. The minimum absolute atomic E-state index is 0.238. The maximum atomic E-state index is 11.9. The minimum atomic E-state index is -0.294. The highest BCUT2D eigenvalue weighted by molar-refractivity contribution is 5.67. The van der Waals surface area contributed by atoms with Gasteiger partial charge in [0.2, 0.25) is 0 Å². The molecule has 0 aromatic heterocycles. The molecule has 1 aromatic carbocycles. The van der Waals surface area contributed by atoms with E-state index < -0.39 is 0 Å². The van der Waals surface area contributed by atoms with E-state index in [1.54, 1.807) is 0 Å². The first-order valence-electron chi connectivity index (χ1n) is 7.43. The van der Waals surface area contributed by atoms with Crippen molar-refractivity contribution in [2.45, 2.75) is 50.4 Å². The van der Waals surface area contributed by atoms with E-state index in [-0.39, 0.29) is 12.1 Å². The second-order valence-corrected chi connectivity index (χ2v) is 5.85. The molecule has 1 N–H and O–H groups in total. The summed E-state index contributed by atoms with van der Waals surface area (Å²) in [5, 5.41) is 3.04. The van der Waals surface area contributed by atoms with E-state index in [1.165, 1.54) is 19.3 Å². The Bertz CT molecular complexity index is 463. The average molecular weight is 274 g/mol. The van der Waals surface area contributed by atoms with Crippen molar-refractivity contribution in [3.05, 3.63) is 35.9 Å². The van der Waals surface area contributed by atoms with Gasteiger partial charge in [-0.3, -0.25) is 4.90 Å². The van der Waals surface area contributed by atoms with Crippen LogP contribution >= 0.6 is 0 Å². The second-order valence-electron chi connectivity index (χ2n) is 5.85. The normalized spacial score (nSPS) is 29.1. The fraction of sp³-hybridized carbons (Fsp3) is 0.562. The van der Waals surface area contributed by atoms with Crippen LogP contribution in [0.15, 0.2) is 30.3 Å². The number of hydrogen-bond acceptors (Lipinski definition) is 3.